The van der Waals surface area contributed by atoms with Gasteiger partial charge in [0.25, 0.3) is 5.91 Å². The molecule has 29 heavy (non-hydrogen) atoms. The molecule has 2 aromatic heterocycles. The van der Waals surface area contributed by atoms with Crippen molar-refractivity contribution in [2.75, 3.05) is 5.32 Å². The molecule has 0 saturated carbocycles. The van der Waals surface area contributed by atoms with Crippen LogP contribution in [0, 0.1) is 6.92 Å². The molecule has 0 aliphatic carbocycles. The van der Waals surface area contributed by atoms with Crippen molar-refractivity contribution >= 4 is 44.7 Å². The number of nitrogens with zero attached hydrogens (tertiary/aromatic N) is 2. The standard InChI is InChI=1S/C20H17N3O2S.O2S/c1-13-3-5-16(6-4-13)25-17-12-15(11-14-8-10-26-19(14)17)20(24)21-18-7-9-23(2)22-18;1-3-2/h3-12H,1-2H3,(H,21,22,24);. The molecule has 0 radical (unpaired) electrons. The van der Waals surface area contributed by atoms with E-state index in [1.165, 1.54) is 5.56 Å². The molecule has 0 aliphatic heterocycles. The first-order valence-electron chi connectivity index (χ1n) is 8.48. The van der Waals surface area contributed by atoms with Crippen LogP contribution in [-0.4, -0.2) is 24.1 Å². The third-order valence-electron chi connectivity index (χ3n) is 3.98. The van der Waals surface area contributed by atoms with Crippen molar-refractivity contribution in [3.8, 4) is 11.5 Å². The second-order valence-corrected chi connectivity index (χ2v) is 7.18. The number of ether oxygens (including phenoxy) is 1. The molecule has 9 heteroatoms. The Hall–Kier alpha value is -3.30. The molecule has 0 saturated heterocycles. The van der Waals surface area contributed by atoms with E-state index in [1.54, 1.807) is 41.4 Å². The van der Waals surface area contributed by atoms with E-state index in [2.05, 4.69) is 10.4 Å². The summed E-state index contributed by atoms with van der Waals surface area (Å²) in [7, 11) is 1.81. The van der Waals surface area contributed by atoms with Gasteiger partial charge in [0.1, 0.15) is 11.5 Å². The molecule has 4 aromatic rings. The maximum atomic E-state index is 12.6. The molecule has 0 atom stereocenters. The third-order valence-corrected chi connectivity index (χ3v) is 4.93. The summed E-state index contributed by atoms with van der Waals surface area (Å²) in [5, 5.41) is 9.96. The van der Waals surface area contributed by atoms with Gasteiger partial charge in [-0.25, -0.2) is 0 Å². The lowest BCUT2D eigenvalue weighted by atomic mass is 10.1. The van der Waals surface area contributed by atoms with Crippen molar-refractivity contribution < 1.29 is 17.9 Å². The van der Waals surface area contributed by atoms with Gasteiger partial charge in [0, 0.05) is 24.9 Å². The normalized spacial score (nSPS) is 10.1. The zero-order valence-corrected chi connectivity index (χ0v) is 17.3. The summed E-state index contributed by atoms with van der Waals surface area (Å²) in [6, 6.07) is 15.2. The van der Waals surface area contributed by atoms with Crippen molar-refractivity contribution in [2.24, 2.45) is 7.05 Å². The van der Waals surface area contributed by atoms with Gasteiger partial charge in [-0.3, -0.25) is 9.48 Å². The van der Waals surface area contributed by atoms with Crippen molar-refractivity contribution in [3.05, 3.63) is 71.2 Å². The summed E-state index contributed by atoms with van der Waals surface area (Å²) in [5.74, 6) is 1.72. The highest BCUT2D eigenvalue weighted by Crippen LogP contribution is 2.35. The average Bonchev–Trinajstić information content (AvgIpc) is 3.33. The highest BCUT2D eigenvalue weighted by Gasteiger charge is 2.14. The van der Waals surface area contributed by atoms with Gasteiger partial charge >= 0.3 is 11.6 Å². The minimum absolute atomic E-state index is 0.217. The Kier molecular flexibility index (Phi) is 6.53. The van der Waals surface area contributed by atoms with E-state index < -0.39 is 11.6 Å². The van der Waals surface area contributed by atoms with Crippen LogP contribution in [-0.2, 0) is 18.6 Å². The number of thiophene rings is 1. The average molecular weight is 428 g/mol. The van der Waals surface area contributed by atoms with Crippen molar-refractivity contribution in [2.45, 2.75) is 6.92 Å². The number of aromatic nitrogens is 2. The summed E-state index contributed by atoms with van der Waals surface area (Å²) in [6.07, 6.45) is 1.78. The number of carbonyl (C=O) groups excluding carboxylic acids is 1. The van der Waals surface area contributed by atoms with Crippen LogP contribution in [0.15, 0.2) is 60.1 Å². The molecule has 2 aromatic carbocycles. The van der Waals surface area contributed by atoms with Crippen LogP contribution < -0.4 is 10.1 Å². The predicted octanol–water partition coefficient (Wildman–Crippen LogP) is 4.32. The second-order valence-electron chi connectivity index (χ2n) is 6.13. The molecule has 1 N–H and O–H groups in total. The van der Waals surface area contributed by atoms with Gasteiger partial charge in [-0.05, 0) is 48.0 Å². The Labute approximate surface area is 174 Å². The summed E-state index contributed by atoms with van der Waals surface area (Å²) >= 11 is 0.842. The maximum Gasteiger partial charge on any atom is 0.335 e. The topological polar surface area (TPSA) is 90.3 Å². The van der Waals surface area contributed by atoms with Crippen LogP contribution in [0.3, 0.4) is 0 Å². The van der Waals surface area contributed by atoms with E-state index in [0.717, 1.165) is 15.8 Å². The van der Waals surface area contributed by atoms with Gasteiger partial charge < -0.3 is 10.1 Å². The van der Waals surface area contributed by atoms with E-state index in [0.29, 0.717) is 17.1 Å². The Morgan fingerprint density at radius 1 is 1.14 bits per heavy atom. The van der Waals surface area contributed by atoms with Gasteiger partial charge in [0.15, 0.2) is 5.82 Å². The number of rotatable bonds is 4. The van der Waals surface area contributed by atoms with Crippen LogP contribution in [0.2, 0.25) is 0 Å². The van der Waals surface area contributed by atoms with Gasteiger partial charge in [-0.2, -0.15) is 13.5 Å². The lowest BCUT2D eigenvalue weighted by Crippen LogP contribution is -2.12. The molecule has 0 unspecified atom stereocenters. The fraction of sp³-hybridized carbons (Fsp3) is 0.100. The molecule has 0 bridgehead atoms. The van der Waals surface area contributed by atoms with Crippen LogP contribution >= 0.6 is 11.3 Å². The van der Waals surface area contributed by atoms with E-state index >= 15 is 0 Å². The fourth-order valence-electron chi connectivity index (χ4n) is 2.66. The lowest BCUT2D eigenvalue weighted by Gasteiger charge is -2.10. The molecular weight excluding hydrogens is 410 g/mol. The smallest absolute Gasteiger partial charge is 0.335 e. The molecule has 1 amide bonds. The van der Waals surface area contributed by atoms with Crippen LogP contribution in [0.25, 0.3) is 10.1 Å². The minimum atomic E-state index is -0.750. The van der Waals surface area contributed by atoms with Gasteiger partial charge in [0.2, 0.25) is 0 Å². The first-order chi connectivity index (χ1) is 14.0. The minimum Gasteiger partial charge on any atom is -0.456 e. The summed E-state index contributed by atoms with van der Waals surface area (Å²) in [4.78, 5) is 12.6. The Morgan fingerprint density at radius 2 is 1.86 bits per heavy atom. The highest BCUT2D eigenvalue weighted by molar-refractivity contribution is 7.51. The molecule has 0 fully saturated rings. The lowest BCUT2D eigenvalue weighted by molar-refractivity contribution is 0.102. The number of aryl methyl sites for hydroxylation is 2. The number of amides is 1. The van der Waals surface area contributed by atoms with E-state index in [4.69, 9.17) is 13.2 Å². The molecule has 0 spiro atoms. The van der Waals surface area contributed by atoms with Crippen LogP contribution in [0.5, 0.6) is 11.5 Å². The Bertz CT molecular complexity index is 1180. The number of carbonyl (C=O) groups is 1. The molecule has 148 valence electrons. The zero-order chi connectivity index (χ0) is 20.8. The Morgan fingerprint density at radius 3 is 2.52 bits per heavy atom. The number of hydrogen-bond donors (Lipinski definition) is 1. The molecular formula is C20H17N3O4S2. The van der Waals surface area contributed by atoms with Crippen molar-refractivity contribution in [1.82, 2.24) is 9.78 Å². The predicted molar refractivity (Wildman–Crippen MR) is 113 cm³/mol. The van der Waals surface area contributed by atoms with Crippen molar-refractivity contribution in [3.63, 3.8) is 0 Å². The van der Waals surface area contributed by atoms with E-state index in [9.17, 15) is 4.79 Å². The SMILES string of the molecule is Cc1ccc(Oc2cc(C(=O)Nc3ccn(C)n3)cc3ccsc23)cc1.O=S=O. The largest absolute Gasteiger partial charge is 0.456 e. The van der Waals surface area contributed by atoms with E-state index in [1.807, 2.05) is 48.7 Å². The molecule has 0 aliphatic rings. The van der Waals surface area contributed by atoms with Gasteiger partial charge in [0.05, 0.1) is 4.70 Å². The van der Waals surface area contributed by atoms with Crippen LogP contribution in [0.4, 0.5) is 5.82 Å². The summed E-state index contributed by atoms with van der Waals surface area (Å²) < 4.78 is 25.3. The fourth-order valence-corrected chi connectivity index (χ4v) is 3.49. The zero-order valence-electron chi connectivity index (χ0n) is 15.6. The maximum absolute atomic E-state index is 12.6. The number of hydrogen-bond acceptors (Lipinski definition) is 6. The first-order valence-corrected chi connectivity index (χ1v) is 10.0. The number of fused-ring (bicyclic) bond motifs is 1. The summed E-state index contributed by atoms with van der Waals surface area (Å²) in [5.41, 5.74) is 1.70. The number of nitrogens with one attached hydrogen (secondary N) is 1. The van der Waals surface area contributed by atoms with Crippen molar-refractivity contribution in [1.29, 1.82) is 0 Å². The molecule has 7 nitrogen and oxygen atoms in total. The summed E-state index contributed by atoms with van der Waals surface area (Å²) in [6.45, 7) is 2.03. The first kappa shape index (κ1) is 20.4. The van der Waals surface area contributed by atoms with Crippen LogP contribution in [0.1, 0.15) is 15.9 Å². The van der Waals surface area contributed by atoms with Gasteiger partial charge in [-0.1, -0.05) is 17.7 Å². The highest BCUT2D eigenvalue weighted by atomic mass is 32.1. The number of anilines is 1. The third kappa shape index (κ3) is 5.15. The van der Waals surface area contributed by atoms with E-state index in [-0.39, 0.29) is 5.91 Å². The second kappa shape index (κ2) is 9.26. The number of benzene rings is 2. The Balaban J connectivity index is 0.000000755. The molecule has 2 heterocycles. The quantitative estimate of drug-likeness (QED) is 0.524. The molecule has 4 rings (SSSR count). The van der Waals surface area contributed by atoms with Gasteiger partial charge in [-0.15, -0.1) is 11.3 Å². The monoisotopic (exact) mass is 427 g/mol.